The maximum absolute atomic E-state index is 9.10. The van der Waals surface area contributed by atoms with Gasteiger partial charge in [0.05, 0.1) is 18.7 Å². The van der Waals surface area contributed by atoms with Crippen molar-refractivity contribution in [3.63, 3.8) is 0 Å². The molecule has 112 valence electrons. The largest absolute Gasteiger partial charge is 0.496 e. The molecule has 0 aromatic heterocycles. The lowest BCUT2D eigenvalue weighted by molar-refractivity contribution is 0.228. The third-order valence-corrected chi connectivity index (χ3v) is 4.46. The first kappa shape index (κ1) is 14.4. The van der Waals surface area contributed by atoms with Gasteiger partial charge in [-0.15, -0.1) is 0 Å². The normalized spacial score (nSPS) is 21.5. The van der Waals surface area contributed by atoms with Crippen LogP contribution >= 0.6 is 0 Å². The minimum atomic E-state index is 0.621. The van der Waals surface area contributed by atoms with E-state index < -0.39 is 0 Å². The average Bonchev–Trinajstić information content (AvgIpc) is 3.24. The van der Waals surface area contributed by atoms with Crippen LogP contribution in [-0.2, 0) is 6.54 Å². The number of rotatable bonds is 6. The Morgan fingerprint density at radius 2 is 2.24 bits per heavy atom. The molecule has 1 saturated heterocycles. The van der Waals surface area contributed by atoms with E-state index in [1.807, 2.05) is 18.2 Å². The Kier molecular flexibility index (Phi) is 4.42. The minimum absolute atomic E-state index is 0.621. The van der Waals surface area contributed by atoms with Gasteiger partial charge in [0.2, 0.25) is 0 Å². The fourth-order valence-corrected chi connectivity index (χ4v) is 3.17. The second kappa shape index (κ2) is 6.46. The number of benzene rings is 1. The minimum Gasteiger partial charge on any atom is -0.496 e. The molecule has 2 aliphatic rings. The Bertz CT molecular complexity index is 527. The van der Waals surface area contributed by atoms with Gasteiger partial charge in [0.1, 0.15) is 5.75 Å². The summed E-state index contributed by atoms with van der Waals surface area (Å²) in [5, 5.41) is 12.7. The molecule has 4 heteroatoms. The zero-order chi connectivity index (χ0) is 14.7. The number of hydrogen-bond acceptors (Lipinski definition) is 4. The van der Waals surface area contributed by atoms with Gasteiger partial charge in [0.15, 0.2) is 0 Å². The maximum Gasteiger partial charge on any atom is 0.123 e. The molecular weight excluding hydrogens is 262 g/mol. The van der Waals surface area contributed by atoms with Crippen LogP contribution in [0.25, 0.3) is 0 Å². The quantitative estimate of drug-likeness (QED) is 0.871. The van der Waals surface area contributed by atoms with Gasteiger partial charge in [0, 0.05) is 30.7 Å². The number of nitriles is 1. The van der Waals surface area contributed by atoms with Crippen molar-refractivity contribution < 1.29 is 4.74 Å². The Balaban J connectivity index is 1.74. The molecule has 1 N–H and O–H groups in total. The second-order valence-corrected chi connectivity index (χ2v) is 6.09. The molecule has 1 heterocycles. The van der Waals surface area contributed by atoms with Crippen LogP contribution in [0.1, 0.15) is 36.8 Å². The van der Waals surface area contributed by atoms with Gasteiger partial charge < -0.3 is 10.1 Å². The van der Waals surface area contributed by atoms with Gasteiger partial charge in [-0.2, -0.15) is 5.26 Å². The summed E-state index contributed by atoms with van der Waals surface area (Å²) >= 11 is 0. The van der Waals surface area contributed by atoms with Gasteiger partial charge in [0.25, 0.3) is 0 Å². The van der Waals surface area contributed by atoms with Crippen LogP contribution in [-0.4, -0.2) is 37.2 Å². The Hall–Kier alpha value is -1.57. The molecular formula is C17H23N3O. The van der Waals surface area contributed by atoms with Crippen LogP contribution in [0.5, 0.6) is 5.75 Å². The van der Waals surface area contributed by atoms with E-state index in [2.05, 4.69) is 16.3 Å². The van der Waals surface area contributed by atoms with Crippen molar-refractivity contribution in [2.24, 2.45) is 0 Å². The highest BCUT2D eigenvalue weighted by Gasteiger charge is 2.31. The molecule has 0 bridgehead atoms. The van der Waals surface area contributed by atoms with Crippen molar-refractivity contribution in [2.75, 3.05) is 20.2 Å². The Morgan fingerprint density at radius 3 is 2.86 bits per heavy atom. The first-order valence-corrected chi connectivity index (χ1v) is 7.84. The highest BCUT2D eigenvalue weighted by Crippen LogP contribution is 2.31. The summed E-state index contributed by atoms with van der Waals surface area (Å²) in [7, 11) is 1.70. The van der Waals surface area contributed by atoms with Gasteiger partial charge in [-0.3, -0.25) is 4.90 Å². The van der Waals surface area contributed by atoms with E-state index in [-0.39, 0.29) is 0 Å². The predicted molar refractivity (Wildman–Crippen MR) is 82.2 cm³/mol. The highest BCUT2D eigenvalue weighted by molar-refractivity contribution is 5.42. The van der Waals surface area contributed by atoms with Crippen LogP contribution in [0.2, 0.25) is 0 Å². The van der Waals surface area contributed by atoms with Crippen molar-refractivity contribution in [3.05, 3.63) is 29.3 Å². The van der Waals surface area contributed by atoms with Crippen molar-refractivity contribution in [1.82, 2.24) is 10.2 Å². The lowest BCUT2D eigenvalue weighted by Crippen LogP contribution is -2.38. The Labute approximate surface area is 126 Å². The molecule has 1 saturated carbocycles. The predicted octanol–water partition coefficient (Wildman–Crippen LogP) is 2.28. The lowest BCUT2D eigenvalue weighted by atomic mass is 10.1. The molecule has 1 aliphatic heterocycles. The van der Waals surface area contributed by atoms with E-state index >= 15 is 0 Å². The molecule has 0 radical (unpaired) electrons. The fraction of sp³-hybridized carbons (Fsp3) is 0.588. The highest BCUT2D eigenvalue weighted by atomic mass is 16.5. The standard InChI is InChI=1S/C17H23N3O/c1-21-17-7-4-13(10-18)9-14(17)11-20(16-5-6-16)12-15-3-2-8-19-15/h4,7,9,15-16,19H,2-3,5-6,8,11-12H2,1H3. The first-order chi connectivity index (χ1) is 10.3. The van der Waals surface area contributed by atoms with E-state index in [1.165, 1.54) is 25.7 Å². The van der Waals surface area contributed by atoms with Crippen LogP contribution < -0.4 is 10.1 Å². The molecule has 3 rings (SSSR count). The number of methoxy groups -OCH3 is 1. The Morgan fingerprint density at radius 1 is 1.38 bits per heavy atom. The summed E-state index contributed by atoms with van der Waals surface area (Å²) in [6.07, 6.45) is 5.16. The molecule has 0 spiro atoms. The molecule has 1 aromatic rings. The molecule has 21 heavy (non-hydrogen) atoms. The zero-order valence-corrected chi connectivity index (χ0v) is 12.6. The van der Waals surface area contributed by atoms with E-state index in [1.54, 1.807) is 7.11 Å². The molecule has 4 nitrogen and oxygen atoms in total. The fourth-order valence-electron chi connectivity index (χ4n) is 3.17. The van der Waals surface area contributed by atoms with E-state index in [0.717, 1.165) is 30.9 Å². The summed E-state index contributed by atoms with van der Waals surface area (Å²) in [6, 6.07) is 9.26. The smallest absolute Gasteiger partial charge is 0.123 e. The molecule has 1 unspecified atom stereocenters. The molecule has 0 amide bonds. The maximum atomic E-state index is 9.10. The van der Waals surface area contributed by atoms with Crippen LogP contribution in [0.4, 0.5) is 0 Å². The average molecular weight is 285 g/mol. The third-order valence-electron chi connectivity index (χ3n) is 4.46. The number of hydrogen-bond donors (Lipinski definition) is 1. The number of ether oxygens (including phenoxy) is 1. The number of nitrogens with one attached hydrogen (secondary N) is 1. The van der Waals surface area contributed by atoms with Crippen molar-refractivity contribution in [3.8, 4) is 11.8 Å². The topological polar surface area (TPSA) is 48.3 Å². The van der Waals surface area contributed by atoms with E-state index in [0.29, 0.717) is 17.6 Å². The van der Waals surface area contributed by atoms with Crippen molar-refractivity contribution in [1.29, 1.82) is 5.26 Å². The summed E-state index contributed by atoms with van der Waals surface area (Å²) in [4.78, 5) is 2.56. The van der Waals surface area contributed by atoms with Gasteiger partial charge in [-0.05, 0) is 50.4 Å². The summed E-state index contributed by atoms with van der Waals surface area (Å²) in [5.41, 5.74) is 1.84. The van der Waals surface area contributed by atoms with Crippen molar-refractivity contribution >= 4 is 0 Å². The van der Waals surface area contributed by atoms with Crippen LogP contribution in [0, 0.1) is 11.3 Å². The van der Waals surface area contributed by atoms with Crippen molar-refractivity contribution in [2.45, 2.75) is 44.3 Å². The van der Waals surface area contributed by atoms with Crippen LogP contribution in [0.15, 0.2) is 18.2 Å². The van der Waals surface area contributed by atoms with E-state index in [9.17, 15) is 0 Å². The first-order valence-electron chi connectivity index (χ1n) is 7.84. The zero-order valence-electron chi connectivity index (χ0n) is 12.6. The van der Waals surface area contributed by atoms with Gasteiger partial charge >= 0.3 is 0 Å². The van der Waals surface area contributed by atoms with Gasteiger partial charge in [-0.1, -0.05) is 0 Å². The summed E-state index contributed by atoms with van der Waals surface area (Å²) in [6.45, 7) is 3.13. The second-order valence-electron chi connectivity index (χ2n) is 6.09. The molecule has 2 fully saturated rings. The third kappa shape index (κ3) is 3.55. The lowest BCUT2D eigenvalue weighted by Gasteiger charge is -2.26. The summed E-state index contributed by atoms with van der Waals surface area (Å²) < 4.78 is 5.46. The monoisotopic (exact) mass is 285 g/mol. The molecule has 1 aromatic carbocycles. The SMILES string of the molecule is COc1ccc(C#N)cc1CN(CC1CCCN1)C1CC1. The number of nitrogens with zero attached hydrogens (tertiary/aromatic N) is 2. The summed E-state index contributed by atoms with van der Waals surface area (Å²) in [5.74, 6) is 0.888. The molecule has 1 aliphatic carbocycles. The van der Waals surface area contributed by atoms with Crippen LogP contribution in [0.3, 0.4) is 0 Å². The van der Waals surface area contributed by atoms with Gasteiger partial charge in [-0.25, -0.2) is 0 Å². The van der Waals surface area contributed by atoms with E-state index in [4.69, 9.17) is 10.00 Å². The molecule has 1 atom stereocenters.